The SMILES string of the molecule is Cc1cccnc1Oc1cc(N)cc(Br)c1. The molecule has 2 aromatic rings. The number of pyridine rings is 1. The van der Waals surface area contributed by atoms with Crippen molar-refractivity contribution in [1.29, 1.82) is 0 Å². The largest absolute Gasteiger partial charge is 0.439 e. The highest BCUT2D eigenvalue weighted by Gasteiger charge is 2.03. The summed E-state index contributed by atoms with van der Waals surface area (Å²) in [7, 11) is 0. The fourth-order valence-corrected chi connectivity index (χ4v) is 1.82. The van der Waals surface area contributed by atoms with Gasteiger partial charge in [-0.25, -0.2) is 4.98 Å². The molecule has 3 nitrogen and oxygen atoms in total. The van der Waals surface area contributed by atoms with Crippen LogP contribution in [0.1, 0.15) is 5.56 Å². The molecule has 0 spiro atoms. The maximum Gasteiger partial charge on any atom is 0.222 e. The van der Waals surface area contributed by atoms with Crippen molar-refractivity contribution in [1.82, 2.24) is 4.98 Å². The summed E-state index contributed by atoms with van der Waals surface area (Å²) >= 11 is 3.36. The van der Waals surface area contributed by atoms with E-state index < -0.39 is 0 Å². The van der Waals surface area contributed by atoms with Gasteiger partial charge in [-0.2, -0.15) is 0 Å². The number of rotatable bonds is 2. The monoisotopic (exact) mass is 278 g/mol. The summed E-state index contributed by atoms with van der Waals surface area (Å²) in [5, 5.41) is 0. The first-order chi connectivity index (χ1) is 7.65. The molecule has 0 amide bonds. The van der Waals surface area contributed by atoms with Gasteiger partial charge in [0.1, 0.15) is 5.75 Å². The molecule has 82 valence electrons. The summed E-state index contributed by atoms with van der Waals surface area (Å²) in [6.45, 7) is 1.95. The Morgan fingerprint density at radius 3 is 2.81 bits per heavy atom. The van der Waals surface area contributed by atoms with Crippen molar-refractivity contribution in [3.63, 3.8) is 0 Å². The number of aromatic nitrogens is 1. The topological polar surface area (TPSA) is 48.1 Å². The molecule has 0 fully saturated rings. The first-order valence-corrected chi connectivity index (χ1v) is 5.60. The Morgan fingerprint density at radius 2 is 2.12 bits per heavy atom. The zero-order chi connectivity index (χ0) is 11.5. The highest BCUT2D eigenvalue weighted by molar-refractivity contribution is 9.10. The molecule has 0 aliphatic heterocycles. The van der Waals surface area contributed by atoms with Gasteiger partial charge in [0, 0.05) is 28.0 Å². The van der Waals surface area contributed by atoms with Crippen LogP contribution < -0.4 is 10.5 Å². The maximum atomic E-state index is 5.72. The lowest BCUT2D eigenvalue weighted by molar-refractivity contribution is 0.459. The lowest BCUT2D eigenvalue weighted by Gasteiger charge is -2.08. The summed E-state index contributed by atoms with van der Waals surface area (Å²) in [6.07, 6.45) is 1.70. The van der Waals surface area contributed by atoms with E-state index in [4.69, 9.17) is 10.5 Å². The number of hydrogen-bond acceptors (Lipinski definition) is 3. The van der Waals surface area contributed by atoms with Crippen molar-refractivity contribution in [2.45, 2.75) is 6.92 Å². The summed E-state index contributed by atoms with van der Waals surface area (Å²) < 4.78 is 6.53. The molecule has 2 rings (SSSR count). The van der Waals surface area contributed by atoms with Gasteiger partial charge in [-0.05, 0) is 25.1 Å². The molecular weight excluding hydrogens is 268 g/mol. The predicted molar refractivity (Wildman–Crippen MR) is 67.6 cm³/mol. The number of aryl methyl sites for hydroxylation is 1. The highest BCUT2D eigenvalue weighted by Crippen LogP contribution is 2.27. The zero-order valence-electron chi connectivity index (χ0n) is 8.77. The Bertz CT molecular complexity index is 494. The lowest BCUT2D eigenvalue weighted by Crippen LogP contribution is -1.92. The Hall–Kier alpha value is -1.55. The second-order valence-corrected chi connectivity index (χ2v) is 4.36. The van der Waals surface area contributed by atoms with Gasteiger partial charge >= 0.3 is 0 Å². The van der Waals surface area contributed by atoms with Crippen LogP contribution in [0.3, 0.4) is 0 Å². The van der Waals surface area contributed by atoms with Crippen LogP contribution in [0.15, 0.2) is 41.0 Å². The van der Waals surface area contributed by atoms with Crippen LogP contribution in [0.5, 0.6) is 11.6 Å². The van der Waals surface area contributed by atoms with Crippen LogP contribution >= 0.6 is 15.9 Å². The van der Waals surface area contributed by atoms with E-state index in [2.05, 4.69) is 20.9 Å². The third-order valence-corrected chi connectivity index (χ3v) is 2.53. The molecule has 0 radical (unpaired) electrons. The summed E-state index contributed by atoms with van der Waals surface area (Å²) in [5.41, 5.74) is 7.36. The van der Waals surface area contributed by atoms with E-state index in [1.807, 2.05) is 31.2 Å². The number of hydrogen-bond donors (Lipinski definition) is 1. The van der Waals surface area contributed by atoms with Crippen molar-refractivity contribution in [2.24, 2.45) is 0 Å². The van der Waals surface area contributed by atoms with E-state index in [1.54, 1.807) is 12.3 Å². The standard InChI is InChI=1S/C12H11BrN2O/c1-8-3-2-4-15-12(8)16-11-6-9(13)5-10(14)7-11/h2-7H,14H2,1H3. The molecule has 1 aromatic carbocycles. The lowest BCUT2D eigenvalue weighted by atomic mass is 10.3. The number of anilines is 1. The Labute approximate surface area is 102 Å². The minimum atomic E-state index is 0.597. The van der Waals surface area contributed by atoms with Crippen molar-refractivity contribution >= 4 is 21.6 Å². The van der Waals surface area contributed by atoms with Gasteiger partial charge < -0.3 is 10.5 Å². The summed E-state index contributed by atoms with van der Waals surface area (Å²) in [5.74, 6) is 1.27. The summed E-state index contributed by atoms with van der Waals surface area (Å²) in [4.78, 5) is 4.15. The van der Waals surface area contributed by atoms with E-state index >= 15 is 0 Å². The first-order valence-electron chi connectivity index (χ1n) is 4.81. The van der Waals surface area contributed by atoms with Crippen LogP contribution in [-0.4, -0.2) is 4.98 Å². The molecule has 0 saturated heterocycles. The molecule has 1 aromatic heterocycles. The molecule has 0 atom stereocenters. The second-order valence-electron chi connectivity index (χ2n) is 3.45. The van der Waals surface area contributed by atoms with E-state index in [0.29, 0.717) is 17.3 Å². The van der Waals surface area contributed by atoms with Gasteiger partial charge in [0.25, 0.3) is 0 Å². The Kier molecular flexibility index (Phi) is 3.10. The minimum absolute atomic E-state index is 0.597. The van der Waals surface area contributed by atoms with Gasteiger partial charge in [0.2, 0.25) is 5.88 Å². The molecule has 0 aliphatic carbocycles. The number of benzene rings is 1. The minimum Gasteiger partial charge on any atom is -0.439 e. The van der Waals surface area contributed by atoms with Crippen LogP contribution in [0.4, 0.5) is 5.69 Å². The van der Waals surface area contributed by atoms with E-state index in [1.165, 1.54) is 0 Å². The predicted octanol–water partition coefficient (Wildman–Crippen LogP) is 3.53. The van der Waals surface area contributed by atoms with E-state index in [9.17, 15) is 0 Å². The average molecular weight is 279 g/mol. The maximum absolute atomic E-state index is 5.72. The number of ether oxygens (including phenoxy) is 1. The Balaban J connectivity index is 2.30. The van der Waals surface area contributed by atoms with Gasteiger partial charge in [0.15, 0.2) is 0 Å². The molecular formula is C12H11BrN2O. The van der Waals surface area contributed by atoms with Gasteiger partial charge in [-0.3, -0.25) is 0 Å². The van der Waals surface area contributed by atoms with Gasteiger partial charge in [-0.1, -0.05) is 22.0 Å². The molecule has 0 aliphatic rings. The van der Waals surface area contributed by atoms with Crippen LogP contribution in [0, 0.1) is 6.92 Å². The zero-order valence-corrected chi connectivity index (χ0v) is 10.4. The second kappa shape index (κ2) is 4.53. The number of nitrogen functional groups attached to an aromatic ring is 1. The molecule has 0 saturated carbocycles. The third kappa shape index (κ3) is 2.52. The number of nitrogens with zero attached hydrogens (tertiary/aromatic N) is 1. The van der Waals surface area contributed by atoms with Crippen molar-refractivity contribution in [3.8, 4) is 11.6 Å². The van der Waals surface area contributed by atoms with Crippen molar-refractivity contribution < 1.29 is 4.74 Å². The molecule has 4 heteroatoms. The smallest absolute Gasteiger partial charge is 0.222 e. The van der Waals surface area contributed by atoms with Crippen molar-refractivity contribution in [3.05, 3.63) is 46.6 Å². The highest BCUT2D eigenvalue weighted by atomic mass is 79.9. The fourth-order valence-electron chi connectivity index (χ4n) is 1.33. The molecule has 0 bridgehead atoms. The number of nitrogens with two attached hydrogens (primary N) is 1. The molecule has 16 heavy (non-hydrogen) atoms. The molecule has 2 N–H and O–H groups in total. The number of halogens is 1. The third-order valence-electron chi connectivity index (χ3n) is 2.07. The average Bonchev–Trinajstić information content (AvgIpc) is 2.20. The van der Waals surface area contributed by atoms with Crippen LogP contribution in [0.2, 0.25) is 0 Å². The van der Waals surface area contributed by atoms with Gasteiger partial charge in [0.05, 0.1) is 0 Å². The molecule has 0 unspecified atom stereocenters. The fraction of sp³-hybridized carbons (Fsp3) is 0.0833. The molecule has 1 heterocycles. The van der Waals surface area contributed by atoms with Crippen molar-refractivity contribution in [2.75, 3.05) is 5.73 Å². The summed E-state index contributed by atoms with van der Waals surface area (Å²) in [6, 6.07) is 9.25. The van der Waals surface area contributed by atoms with Crippen LogP contribution in [0.25, 0.3) is 0 Å². The van der Waals surface area contributed by atoms with E-state index in [0.717, 1.165) is 10.0 Å². The van der Waals surface area contributed by atoms with Gasteiger partial charge in [-0.15, -0.1) is 0 Å². The first kappa shape index (κ1) is 11.0. The normalized spacial score (nSPS) is 10.1. The van der Waals surface area contributed by atoms with E-state index in [-0.39, 0.29) is 0 Å². The Morgan fingerprint density at radius 1 is 1.31 bits per heavy atom. The van der Waals surface area contributed by atoms with Crippen LogP contribution in [-0.2, 0) is 0 Å². The quantitative estimate of drug-likeness (QED) is 0.855.